The fourth-order valence-electron chi connectivity index (χ4n) is 2.76. The van der Waals surface area contributed by atoms with Gasteiger partial charge in [-0.15, -0.1) is 0 Å². The van der Waals surface area contributed by atoms with Crippen molar-refractivity contribution in [2.45, 2.75) is 0 Å². The Kier molecular flexibility index (Phi) is 3.74. The number of aromatic hydroxyl groups is 1. The molecule has 2 N–H and O–H groups in total. The number of nitrogens with one attached hydrogen (secondary N) is 1. The molecule has 0 fully saturated rings. The van der Waals surface area contributed by atoms with E-state index in [-0.39, 0.29) is 10.7 Å². The summed E-state index contributed by atoms with van der Waals surface area (Å²) in [6.45, 7) is 0. The maximum Gasteiger partial charge on any atom is 0.215 e. The summed E-state index contributed by atoms with van der Waals surface area (Å²) in [4.78, 5) is 5.25. The molecule has 0 amide bonds. The van der Waals surface area contributed by atoms with Crippen LogP contribution in [0, 0.1) is 5.41 Å². The predicted molar refractivity (Wildman–Crippen MR) is 100 cm³/mol. The molecule has 124 valence electrons. The lowest BCUT2D eigenvalue weighted by atomic mass is 10.1. The second-order valence-corrected chi connectivity index (χ2v) is 6.53. The van der Waals surface area contributed by atoms with Gasteiger partial charge in [-0.3, -0.25) is 15.0 Å². The molecule has 0 bridgehead atoms. The molecule has 0 aliphatic carbocycles. The Balaban J connectivity index is 1.77. The Morgan fingerprint density at radius 3 is 2.68 bits per heavy atom. The molecule has 3 aromatic rings. The number of benzene rings is 2. The molecule has 6 heteroatoms. The van der Waals surface area contributed by atoms with Gasteiger partial charge >= 0.3 is 0 Å². The highest BCUT2D eigenvalue weighted by molar-refractivity contribution is 7.10. The average Bonchev–Trinajstić information content (AvgIpc) is 3.17. The Morgan fingerprint density at radius 2 is 1.92 bits per heavy atom. The number of aliphatic imine (C=N–C) groups is 1. The number of fused-ring (bicyclic) bond motifs is 1. The van der Waals surface area contributed by atoms with Gasteiger partial charge in [-0.2, -0.15) is 0 Å². The van der Waals surface area contributed by atoms with Crippen molar-refractivity contribution in [3.8, 4) is 17.3 Å². The SMILES string of the molecule is COc1ccc(-n2c(O)c(/C=C3/C=Nc4ccccc43)sc2=N)cc1. The molecular formula is C19H15N3O2S. The van der Waals surface area contributed by atoms with Crippen LogP contribution in [-0.4, -0.2) is 23.0 Å². The minimum Gasteiger partial charge on any atom is -0.497 e. The van der Waals surface area contributed by atoms with E-state index in [0.717, 1.165) is 22.6 Å². The van der Waals surface area contributed by atoms with E-state index in [1.165, 1.54) is 15.9 Å². The van der Waals surface area contributed by atoms with Crippen LogP contribution in [0.2, 0.25) is 0 Å². The first-order valence-electron chi connectivity index (χ1n) is 7.66. The summed E-state index contributed by atoms with van der Waals surface area (Å²) >= 11 is 1.22. The second kappa shape index (κ2) is 6.07. The third-order valence-electron chi connectivity index (χ3n) is 4.02. The van der Waals surface area contributed by atoms with Gasteiger partial charge in [0.25, 0.3) is 0 Å². The smallest absolute Gasteiger partial charge is 0.215 e. The van der Waals surface area contributed by atoms with Crippen molar-refractivity contribution in [1.82, 2.24) is 4.57 Å². The zero-order valence-electron chi connectivity index (χ0n) is 13.4. The number of methoxy groups -OCH3 is 1. The van der Waals surface area contributed by atoms with Gasteiger partial charge in [-0.05, 0) is 36.4 Å². The van der Waals surface area contributed by atoms with E-state index in [4.69, 9.17) is 10.1 Å². The Hall–Kier alpha value is -3.12. The highest BCUT2D eigenvalue weighted by Crippen LogP contribution is 2.34. The number of allylic oxidation sites excluding steroid dienone is 1. The molecule has 4 rings (SSSR count). The van der Waals surface area contributed by atoms with Crippen LogP contribution in [-0.2, 0) is 0 Å². The molecule has 0 atom stereocenters. The molecule has 2 aromatic carbocycles. The maximum atomic E-state index is 10.6. The van der Waals surface area contributed by atoms with Crippen LogP contribution in [0.5, 0.6) is 11.6 Å². The molecule has 0 spiro atoms. The molecule has 1 aliphatic rings. The van der Waals surface area contributed by atoms with Crippen molar-refractivity contribution in [2.75, 3.05) is 7.11 Å². The number of hydrogen-bond donors (Lipinski definition) is 2. The van der Waals surface area contributed by atoms with E-state index in [2.05, 4.69) is 4.99 Å². The van der Waals surface area contributed by atoms with E-state index in [1.54, 1.807) is 25.5 Å². The minimum atomic E-state index is 0.0467. The van der Waals surface area contributed by atoms with Crippen molar-refractivity contribution < 1.29 is 9.84 Å². The zero-order chi connectivity index (χ0) is 17.4. The van der Waals surface area contributed by atoms with E-state index >= 15 is 0 Å². The first kappa shape index (κ1) is 15.4. The summed E-state index contributed by atoms with van der Waals surface area (Å²) in [5, 5.41) is 18.8. The van der Waals surface area contributed by atoms with Gasteiger partial charge in [0.15, 0.2) is 4.80 Å². The fourth-order valence-corrected chi connectivity index (χ4v) is 3.62. The largest absolute Gasteiger partial charge is 0.497 e. The summed E-state index contributed by atoms with van der Waals surface area (Å²) < 4.78 is 6.66. The van der Waals surface area contributed by atoms with Gasteiger partial charge in [0.1, 0.15) is 5.75 Å². The van der Waals surface area contributed by atoms with Gasteiger partial charge in [0, 0.05) is 17.4 Å². The Morgan fingerprint density at radius 1 is 1.16 bits per heavy atom. The summed E-state index contributed by atoms with van der Waals surface area (Å²) in [5.41, 5.74) is 3.58. The minimum absolute atomic E-state index is 0.0467. The van der Waals surface area contributed by atoms with Crippen LogP contribution in [0.15, 0.2) is 53.5 Å². The number of hydrogen-bond acceptors (Lipinski definition) is 5. The number of thiazole rings is 1. The van der Waals surface area contributed by atoms with Crippen LogP contribution in [0.25, 0.3) is 17.3 Å². The van der Waals surface area contributed by atoms with Crippen molar-refractivity contribution in [3.63, 3.8) is 0 Å². The molecular weight excluding hydrogens is 334 g/mol. The molecule has 1 aromatic heterocycles. The van der Waals surface area contributed by atoms with Gasteiger partial charge in [-0.25, -0.2) is 0 Å². The van der Waals surface area contributed by atoms with Crippen molar-refractivity contribution in [3.05, 3.63) is 63.8 Å². The molecule has 5 nitrogen and oxygen atoms in total. The van der Waals surface area contributed by atoms with Gasteiger partial charge < -0.3 is 9.84 Å². The highest BCUT2D eigenvalue weighted by Gasteiger charge is 2.16. The lowest BCUT2D eigenvalue weighted by molar-refractivity contribution is 0.414. The summed E-state index contributed by atoms with van der Waals surface area (Å²) in [5.74, 6) is 0.775. The molecule has 25 heavy (non-hydrogen) atoms. The third kappa shape index (κ3) is 2.66. The van der Waals surface area contributed by atoms with Gasteiger partial charge in [0.05, 0.1) is 23.4 Å². The lowest BCUT2D eigenvalue weighted by Gasteiger charge is -2.06. The van der Waals surface area contributed by atoms with Crippen molar-refractivity contribution >= 4 is 34.9 Å². The lowest BCUT2D eigenvalue weighted by Crippen LogP contribution is -2.09. The fraction of sp³-hybridized carbons (Fsp3) is 0.0526. The van der Waals surface area contributed by atoms with E-state index in [1.807, 2.05) is 42.5 Å². The second-order valence-electron chi connectivity index (χ2n) is 5.50. The van der Waals surface area contributed by atoms with E-state index in [0.29, 0.717) is 10.6 Å². The topological polar surface area (TPSA) is 70.6 Å². The molecule has 0 saturated heterocycles. The molecule has 0 saturated carbocycles. The quantitative estimate of drug-likeness (QED) is 0.750. The van der Waals surface area contributed by atoms with Crippen molar-refractivity contribution in [1.29, 1.82) is 5.41 Å². The van der Waals surface area contributed by atoms with Crippen LogP contribution in [0.4, 0.5) is 5.69 Å². The van der Waals surface area contributed by atoms with Crippen LogP contribution >= 0.6 is 11.3 Å². The Labute approximate surface area is 148 Å². The van der Waals surface area contributed by atoms with E-state index in [9.17, 15) is 5.11 Å². The van der Waals surface area contributed by atoms with Crippen LogP contribution in [0.1, 0.15) is 10.4 Å². The molecule has 0 radical (unpaired) electrons. The standard InChI is InChI=1S/C19H15N3O2S/c1-24-14-8-6-13(7-9-14)22-18(23)17(25-19(22)20)10-12-11-21-16-5-3-2-4-15(12)16/h2-11,20,23H,1H3/b12-10-,20-19?. The molecule has 2 heterocycles. The molecule has 0 unspecified atom stereocenters. The van der Waals surface area contributed by atoms with Crippen molar-refractivity contribution in [2.24, 2.45) is 4.99 Å². The number of aromatic nitrogens is 1. The average molecular weight is 349 g/mol. The number of nitrogens with zero attached hydrogens (tertiary/aromatic N) is 2. The van der Waals surface area contributed by atoms with Gasteiger partial charge in [0.2, 0.25) is 5.88 Å². The monoisotopic (exact) mass is 349 g/mol. The first-order valence-corrected chi connectivity index (χ1v) is 8.48. The summed E-state index contributed by atoms with van der Waals surface area (Å²) in [6.07, 6.45) is 3.65. The number of para-hydroxylation sites is 1. The predicted octanol–water partition coefficient (Wildman–Crippen LogP) is 3.99. The van der Waals surface area contributed by atoms with Gasteiger partial charge in [-0.1, -0.05) is 29.5 Å². The number of ether oxygens (including phenoxy) is 1. The number of rotatable bonds is 3. The Bertz CT molecular complexity index is 1060. The summed E-state index contributed by atoms with van der Waals surface area (Å²) in [6, 6.07) is 15.1. The summed E-state index contributed by atoms with van der Waals surface area (Å²) in [7, 11) is 1.60. The van der Waals surface area contributed by atoms with Crippen LogP contribution < -0.4 is 9.54 Å². The third-order valence-corrected chi connectivity index (χ3v) is 4.91. The normalized spacial score (nSPS) is 14.0. The first-order chi connectivity index (χ1) is 12.2. The zero-order valence-corrected chi connectivity index (χ0v) is 14.2. The van der Waals surface area contributed by atoms with Crippen LogP contribution in [0.3, 0.4) is 0 Å². The molecule has 1 aliphatic heterocycles. The highest BCUT2D eigenvalue weighted by atomic mass is 32.1. The van der Waals surface area contributed by atoms with E-state index < -0.39 is 0 Å². The maximum absolute atomic E-state index is 10.6.